The first-order valence-corrected chi connectivity index (χ1v) is 9.85. The maximum atomic E-state index is 12.5. The Balaban J connectivity index is 1.54. The molecule has 156 valence electrons. The molecule has 0 saturated carbocycles. The predicted octanol–water partition coefficient (Wildman–Crippen LogP) is 2.65. The Labute approximate surface area is 175 Å². The van der Waals surface area contributed by atoms with E-state index < -0.39 is 36.3 Å². The fraction of sp³-hybridized carbons (Fsp3) is 0.304. The first-order chi connectivity index (χ1) is 14.3. The summed E-state index contributed by atoms with van der Waals surface area (Å²) in [6.07, 6.45) is 0.933. The van der Waals surface area contributed by atoms with Crippen LogP contribution in [0.25, 0.3) is 0 Å². The molecule has 0 bridgehead atoms. The van der Waals surface area contributed by atoms with Crippen LogP contribution in [0.4, 0.5) is 0 Å². The average Bonchev–Trinajstić information content (AvgIpc) is 3.02. The van der Waals surface area contributed by atoms with Crippen LogP contribution in [0.5, 0.6) is 0 Å². The fourth-order valence-corrected chi connectivity index (χ4v) is 3.33. The highest BCUT2D eigenvalue weighted by Crippen LogP contribution is 2.24. The van der Waals surface area contributed by atoms with Crippen LogP contribution in [-0.4, -0.2) is 41.2 Å². The van der Waals surface area contributed by atoms with Crippen LogP contribution >= 0.6 is 0 Å². The predicted molar refractivity (Wildman–Crippen MR) is 110 cm³/mol. The second-order valence-corrected chi connectivity index (χ2v) is 7.19. The third kappa shape index (κ3) is 4.25. The first-order valence-electron chi connectivity index (χ1n) is 9.85. The van der Waals surface area contributed by atoms with Gasteiger partial charge in [-0.15, -0.1) is 0 Å². The summed E-state index contributed by atoms with van der Waals surface area (Å²) in [5, 5.41) is 2.77. The number of hydrogen-bond acceptors (Lipinski definition) is 5. The number of hydrogen-bond donors (Lipinski definition) is 1. The molecule has 1 aliphatic rings. The number of esters is 1. The van der Waals surface area contributed by atoms with Gasteiger partial charge in [-0.2, -0.15) is 0 Å². The summed E-state index contributed by atoms with van der Waals surface area (Å²) >= 11 is 0. The Bertz CT molecular complexity index is 948. The lowest BCUT2D eigenvalue weighted by molar-refractivity contribution is -0.152. The van der Waals surface area contributed by atoms with Gasteiger partial charge in [-0.1, -0.05) is 43.3 Å². The standard InChI is InChI=1S/C23H24N2O5/c1-4-16-9-11-17(12-10-16)14(2)24-20(26)13-30-23(29)15(3)25-21(27)18-7-5-6-8-19(18)22(25)28/h5-12,14-15H,4,13H2,1-3H3,(H,24,26). The summed E-state index contributed by atoms with van der Waals surface area (Å²) < 4.78 is 5.05. The van der Waals surface area contributed by atoms with Crippen LogP contribution in [-0.2, 0) is 20.7 Å². The molecular weight excluding hydrogens is 384 g/mol. The largest absolute Gasteiger partial charge is 0.454 e. The number of fused-ring (bicyclic) bond motifs is 1. The van der Waals surface area contributed by atoms with Crippen molar-refractivity contribution in [2.45, 2.75) is 39.3 Å². The van der Waals surface area contributed by atoms with E-state index in [0.29, 0.717) is 0 Å². The van der Waals surface area contributed by atoms with Crippen LogP contribution in [0.15, 0.2) is 48.5 Å². The second kappa shape index (κ2) is 8.90. The molecule has 2 atom stereocenters. The van der Waals surface area contributed by atoms with Gasteiger partial charge < -0.3 is 10.1 Å². The summed E-state index contributed by atoms with van der Waals surface area (Å²) in [5.74, 6) is -2.38. The molecule has 2 unspecified atom stereocenters. The zero-order valence-electron chi connectivity index (χ0n) is 17.2. The number of ether oxygens (including phenoxy) is 1. The summed E-state index contributed by atoms with van der Waals surface area (Å²) in [5.41, 5.74) is 2.64. The SMILES string of the molecule is CCc1ccc(C(C)NC(=O)COC(=O)C(C)N2C(=O)c3ccccc3C2=O)cc1. The number of carbonyl (C=O) groups is 4. The fourth-order valence-electron chi connectivity index (χ4n) is 3.33. The average molecular weight is 408 g/mol. The maximum absolute atomic E-state index is 12.5. The van der Waals surface area contributed by atoms with Gasteiger partial charge in [0, 0.05) is 0 Å². The lowest BCUT2D eigenvalue weighted by atomic mass is 10.1. The number of nitrogens with zero attached hydrogens (tertiary/aromatic N) is 1. The van der Waals surface area contributed by atoms with Gasteiger partial charge in [0.2, 0.25) is 0 Å². The van der Waals surface area contributed by atoms with E-state index in [1.165, 1.54) is 24.6 Å². The van der Waals surface area contributed by atoms with Crippen LogP contribution < -0.4 is 5.32 Å². The number of nitrogens with one attached hydrogen (secondary N) is 1. The molecule has 3 amide bonds. The van der Waals surface area contributed by atoms with Crippen molar-refractivity contribution in [1.82, 2.24) is 10.2 Å². The van der Waals surface area contributed by atoms with Gasteiger partial charge >= 0.3 is 5.97 Å². The number of rotatable bonds is 7. The van der Waals surface area contributed by atoms with Crippen molar-refractivity contribution in [3.05, 3.63) is 70.8 Å². The van der Waals surface area contributed by atoms with Gasteiger partial charge in [-0.05, 0) is 43.5 Å². The van der Waals surface area contributed by atoms with Crippen LogP contribution in [0.3, 0.4) is 0 Å². The van der Waals surface area contributed by atoms with E-state index >= 15 is 0 Å². The topological polar surface area (TPSA) is 92.8 Å². The van der Waals surface area contributed by atoms with Gasteiger partial charge in [0.05, 0.1) is 17.2 Å². The van der Waals surface area contributed by atoms with Crippen molar-refractivity contribution in [2.24, 2.45) is 0 Å². The van der Waals surface area contributed by atoms with E-state index in [4.69, 9.17) is 4.74 Å². The summed E-state index contributed by atoms with van der Waals surface area (Å²) in [7, 11) is 0. The normalized spacial score (nSPS) is 14.8. The minimum Gasteiger partial charge on any atom is -0.454 e. The molecule has 1 heterocycles. The molecule has 7 nitrogen and oxygen atoms in total. The minimum atomic E-state index is -1.13. The van der Waals surface area contributed by atoms with E-state index in [2.05, 4.69) is 12.2 Å². The molecule has 3 rings (SSSR count). The molecule has 0 spiro atoms. The molecule has 0 saturated heterocycles. The third-order valence-corrected chi connectivity index (χ3v) is 5.16. The van der Waals surface area contributed by atoms with E-state index in [-0.39, 0.29) is 17.2 Å². The molecule has 7 heteroatoms. The highest BCUT2D eigenvalue weighted by atomic mass is 16.5. The highest BCUT2D eigenvalue weighted by Gasteiger charge is 2.41. The molecule has 0 aliphatic carbocycles. The van der Waals surface area contributed by atoms with Crippen molar-refractivity contribution in [3.63, 3.8) is 0 Å². The molecule has 30 heavy (non-hydrogen) atoms. The molecule has 1 N–H and O–H groups in total. The van der Waals surface area contributed by atoms with Crippen LogP contribution in [0, 0.1) is 0 Å². The Morgan fingerprint density at radius 2 is 1.53 bits per heavy atom. The number of benzene rings is 2. The summed E-state index contributed by atoms with van der Waals surface area (Å²) in [6.45, 7) is 4.81. The smallest absolute Gasteiger partial charge is 0.329 e. The van der Waals surface area contributed by atoms with Gasteiger partial charge in [0.1, 0.15) is 6.04 Å². The molecule has 2 aromatic carbocycles. The summed E-state index contributed by atoms with van der Waals surface area (Å²) in [6, 6.07) is 12.9. The van der Waals surface area contributed by atoms with E-state index in [9.17, 15) is 19.2 Å². The second-order valence-electron chi connectivity index (χ2n) is 7.19. The Morgan fingerprint density at radius 1 is 0.967 bits per heavy atom. The van der Waals surface area contributed by atoms with Gasteiger partial charge in [-0.3, -0.25) is 19.3 Å². The van der Waals surface area contributed by atoms with Crippen molar-refractivity contribution in [1.29, 1.82) is 0 Å². The minimum absolute atomic E-state index is 0.253. The number of carbonyl (C=O) groups excluding carboxylic acids is 4. The van der Waals surface area contributed by atoms with Crippen molar-refractivity contribution >= 4 is 23.7 Å². The van der Waals surface area contributed by atoms with Gasteiger partial charge in [-0.25, -0.2) is 4.79 Å². The maximum Gasteiger partial charge on any atom is 0.329 e. The van der Waals surface area contributed by atoms with E-state index in [0.717, 1.165) is 16.9 Å². The van der Waals surface area contributed by atoms with Crippen molar-refractivity contribution in [3.8, 4) is 0 Å². The van der Waals surface area contributed by atoms with Gasteiger partial charge in [0.15, 0.2) is 6.61 Å². The lowest BCUT2D eigenvalue weighted by Gasteiger charge is -2.21. The first kappa shape index (κ1) is 21.2. The summed E-state index contributed by atoms with van der Waals surface area (Å²) in [4.78, 5) is 50.3. The van der Waals surface area contributed by atoms with E-state index in [1.807, 2.05) is 31.2 Å². The Morgan fingerprint density at radius 3 is 2.07 bits per heavy atom. The highest BCUT2D eigenvalue weighted by molar-refractivity contribution is 6.22. The quantitative estimate of drug-likeness (QED) is 0.562. The third-order valence-electron chi connectivity index (χ3n) is 5.16. The van der Waals surface area contributed by atoms with Crippen LogP contribution in [0.2, 0.25) is 0 Å². The van der Waals surface area contributed by atoms with Crippen LogP contribution in [0.1, 0.15) is 58.7 Å². The molecule has 1 aliphatic heterocycles. The number of aryl methyl sites for hydroxylation is 1. The number of amides is 3. The molecule has 2 aromatic rings. The zero-order chi connectivity index (χ0) is 21.8. The van der Waals surface area contributed by atoms with Gasteiger partial charge in [0.25, 0.3) is 17.7 Å². The monoisotopic (exact) mass is 408 g/mol. The molecule has 0 aromatic heterocycles. The van der Waals surface area contributed by atoms with E-state index in [1.54, 1.807) is 12.1 Å². The Hall–Kier alpha value is -3.48. The molecule has 0 fully saturated rings. The van der Waals surface area contributed by atoms with Crippen molar-refractivity contribution < 1.29 is 23.9 Å². The Kier molecular flexibility index (Phi) is 6.30. The lowest BCUT2D eigenvalue weighted by Crippen LogP contribution is -2.44. The number of imide groups is 1. The molecular formula is C23H24N2O5. The van der Waals surface area contributed by atoms with Crippen molar-refractivity contribution in [2.75, 3.05) is 6.61 Å². The molecule has 0 radical (unpaired) electrons. The zero-order valence-corrected chi connectivity index (χ0v) is 17.2.